The Morgan fingerprint density at radius 2 is 1.50 bits per heavy atom. The first-order valence-electron chi connectivity index (χ1n) is 9.77. The fourth-order valence-corrected chi connectivity index (χ4v) is 4.22. The minimum Gasteiger partial charge on any atom is -0.371 e. The summed E-state index contributed by atoms with van der Waals surface area (Å²) in [6, 6.07) is 9.34. The molecule has 0 bridgehead atoms. The van der Waals surface area contributed by atoms with E-state index in [-0.39, 0.29) is 0 Å². The maximum Gasteiger partial charge on any atom is 0.0341 e. The quantitative estimate of drug-likeness (QED) is 0.435. The predicted octanol–water partition coefficient (Wildman–Crippen LogP) is 6.15. The zero-order chi connectivity index (χ0) is 17.0. The number of hydrogen-bond donors (Lipinski definition) is 0. The summed E-state index contributed by atoms with van der Waals surface area (Å²) in [6.07, 6.45) is 16.9. The Morgan fingerprint density at radius 1 is 0.875 bits per heavy atom. The third kappa shape index (κ3) is 6.81. The van der Waals surface area contributed by atoms with Gasteiger partial charge in [0.1, 0.15) is 0 Å². The largest absolute Gasteiger partial charge is 0.371 e. The third-order valence-corrected chi connectivity index (χ3v) is 5.93. The van der Waals surface area contributed by atoms with Crippen LogP contribution in [-0.4, -0.2) is 24.2 Å². The van der Waals surface area contributed by atoms with Crippen LogP contribution in [0.4, 0.5) is 0 Å². The van der Waals surface area contributed by atoms with E-state index in [9.17, 15) is 0 Å². The van der Waals surface area contributed by atoms with Crippen LogP contribution in [0.25, 0.3) is 0 Å². The number of benzene rings is 1. The molecule has 0 saturated carbocycles. The Kier molecular flexibility index (Phi) is 9.21. The van der Waals surface area contributed by atoms with Gasteiger partial charge < -0.3 is 4.90 Å². The first kappa shape index (κ1) is 19.3. The van der Waals surface area contributed by atoms with Gasteiger partial charge in [-0.25, -0.2) is 0 Å². The van der Waals surface area contributed by atoms with Gasteiger partial charge in [-0.2, -0.15) is 0 Å². The van der Waals surface area contributed by atoms with Crippen molar-refractivity contribution in [1.29, 1.82) is 0 Å². The molecule has 0 aromatic heterocycles. The Balaban J connectivity index is 1.80. The molecular formula is C22H34NP. The van der Waals surface area contributed by atoms with Crippen molar-refractivity contribution in [2.75, 3.05) is 19.3 Å². The van der Waals surface area contributed by atoms with Crippen LogP contribution in [0.3, 0.4) is 0 Å². The van der Waals surface area contributed by atoms with Crippen molar-refractivity contribution in [2.45, 2.75) is 58.8 Å². The van der Waals surface area contributed by atoms with Crippen molar-refractivity contribution in [3.05, 3.63) is 59.1 Å². The third-order valence-electron chi connectivity index (χ3n) is 4.65. The minimum absolute atomic E-state index is 0.960. The summed E-state index contributed by atoms with van der Waals surface area (Å²) in [6.45, 7) is 6.97. The normalized spacial score (nSPS) is 14.8. The molecule has 1 atom stereocenters. The molecule has 0 fully saturated rings. The summed E-state index contributed by atoms with van der Waals surface area (Å²) in [5.74, 6) is 0. The lowest BCUT2D eigenvalue weighted by Crippen LogP contribution is -2.24. The molecule has 0 radical (unpaired) electrons. The molecule has 1 nitrogen and oxygen atoms in total. The molecule has 0 amide bonds. The molecular weight excluding hydrogens is 309 g/mol. The molecule has 24 heavy (non-hydrogen) atoms. The van der Waals surface area contributed by atoms with Gasteiger partial charge in [0.05, 0.1) is 0 Å². The molecule has 1 aliphatic heterocycles. The SMILES string of the molecule is CCCCc1ccc(CCCN(CCCC)C2=CC=CCP2)cc1. The molecule has 0 aliphatic carbocycles. The first-order valence-corrected chi connectivity index (χ1v) is 11.0. The molecule has 0 N–H and O–H groups in total. The van der Waals surface area contributed by atoms with Crippen LogP contribution in [-0.2, 0) is 12.8 Å². The average Bonchev–Trinajstić information content (AvgIpc) is 2.64. The van der Waals surface area contributed by atoms with E-state index in [0.29, 0.717) is 0 Å². The predicted molar refractivity (Wildman–Crippen MR) is 110 cm³/mol. The van der Waals surface area contributed by atoms with Gasteiger partial charge in [-0.05, 0) is 55.5 Å². The summed E-state index contributed by atoms with van der Waals surface area (Å²) in [4.78, 5) is 2.64. The van der Waals surface area contributed by atoms with E-state index in [1.807, 2.05) is 0 Å². The number of unbranched alkanes of at least 4 members (excludes halogenated alkanes) is 2. The van der Waals surface area contributed by atoms with Gasteiger partial charge in [-0.3, -0.25) is 0 Å². The first-order chi connectivity index (χ1) is 11.8. The Labute approximate surface area is 151 Å². The highest BCUT2D eigenvalue weighted by Crippen LogP contribution is 2.30. The van der Waals surface area contributed by atoms with Crippen LogP contribution in [0.15, 0.2) is 47.9 Å². The highest BCUT2D eigenvalue weighted by molar-refractivity contribution is 7.43. The lowest BCUT2D eigenvalue weighted by molar-refractivity contribution is 0.352. The number of nitrogens with zero attached hydrogens (tertiary/aromatic N) is 1. The maximum absolute atomic E-state index is 2.64. The zero-order valence-corrected chi connectivity index (χ0v) is 16.6. The molecule has 0 spiro atoms. The maximum atomic E-state index is 2.64. The smallest absolute Gasteiger partial charge is 0.0341 e. The monoisotopic (exact) mass is 343 g/mol. The number of allylic oxidation sites excluding steroid dienone is 3. The molecule has 2 heteroatoms. The van der Waals surface area contributed by atoms with Crippen LogP contribution in [0.5, 0.6) is 0 Å². The fourth-order valence-electron chi connectivity index (χ4n) is 3.10. The van der Waals surface area contributed by atoms with Gasteiger partial charge in [-0.1, -0.05) is 71.7 Å². The lowest BCUT2D eigenvalue weighted by atomic mass is 10.0. The van der Waals surface area contributed by atoms with Crippen molar-refractivity contribution >= 4 is 8.58 Å². The lowest BCUT2D eigenvalue weighted by Gasteiger charge is -2.28. The Morgan fingerprint density at radius 3 is 2.08 bits per heavy atom. The van der Waals surface area contributed by atoms with Crippen molar-refractivity contribution < 1.29 is 0 Å². The Bertz CT molecular complexity index is 515. The van der Waals surface area contributed by atoms with Crippen molar-refractivity contribution in [3.63, 3.8) is 0 Å². The summed E-state index contributed by atoms with van der Waals surface area (Å²) >= 11 is 0. The number of aryl methyl sites for hydroxylation is 2. The molecule has 132 valence electrons. The summed E-state index contributed by atoms with van der Waals surface area (Å²) in [5.41, 5.74) is 4.55. The van der Waals surface area contributed by atoms with Crippen LogP contribution in [0, 0.1) is 0 Å². The fraction of sp³-hybridized carbons (Fsp3) is 0.545. The number of rotatable bonds is 11. The molecule has 2 rings (SSSR count). The van der Waals surface area contributed by atoms with Gasteiger partial charge in [-0.15, -0.1) is 0 Å². The molecule has 1 aromatic carbocycles. The van der Waals surface area contributed by atoms with Crippen LogP contribution in [0.2, 0.25) is 0 Å². The topological polar surface area (TPSA) is 3.24 Å². The van der Waals surface area contributed by atoms with E-state index in [0.717, 1.165) is 8.58 Å². The molecule has 1 heterocycles. The van der Waals surface area contributed by atoms with Crippen molar-refractivity contribution in [3.8, 4) is 0 Å². The van der Waals surface area contributed by atoms with Crippen LogP contribution >= 0.6 is 8.58 Å². The van der Waals surface area contributed by atoms with E-state index in [1.165, 1.54) is 75.3 Å². The van der Waals surface area contributed by atoms with Crippen LogP contribution < -0.4 is 0 Å². The highest BCUT2D eigenvalue weighted by Gasteiger charge is 2.10. The van der Waals surface area contributed by atoms with Gasteiger partial charge in [0, 0.05) is 18.5 Å². The molecule has 1 aliphatic rings. The summed E-state index contributed by atoms with van der Waals surface area (Å²) < 4.78 is 0. The molecule has 1 unspecified atom stereocenters. The van der Waals surface area contributed by atoms with Crippen molar-refractivity contribution in [1.82, 2.24) is 4.90 Å². The minimum atomic E-state index is 0.960. The Hall–Kier alpha value is -1.07. The zero-order valence-electron chi connectivity index (χ0n) is 15.6. The van der Waals surface area contributed by atoms with E-state index < -0.39 is 0 Å². The van der Waals surface area contributed by atoms with E-state index >= 15 is 0 Å². The summed E-state index contributed by atoms with van der Waals surface area (Å²) in [5, 5.41) is 0. The molecule has 1 aromatic rings. The standard InChI is InChI=1S/C22H34NP/c1-3-5-10-20-13-15-21(16-14-20)11-9-18-23(17-6-4-2)22-12-7-8-19-24-22/h7-8,12-16,24H,3-6,9-11,17-19H2,1-2H3. The number of hydrogen-bond acceptors (Lipinski definition) is 1. The van der Waals surface area contributed by atoms with Crippen LogP contribution in [0.1, 0.15) is 57.1 Å². The second kappa shape index (κ2) is 11.5. The van der Waals surface area contributed by atoms with E-state index in [4.69, 9.17) is 0 Å². The second-order valence-corrected chi connectivity index (χ2v) is 8.00. The van der Waals surface area contributed by atoms with E-state index in [1.54, 1.807) is 5.44 Å². The van der Waals surface area contributed by atoms with Gasteiger partial charge in [0.15, 0.2) is 0 Å². The van der Waals surface area contributed by atoms with E-state index in [2.05, 4.69) is 61.2 Å². The average molecular weight is 343 g/mol. The van der Waals surface area contributed by atoms with Crippen molar-refractivity contribution in [2.24, 2.45) is 0 Å². The van der Waals surface area contributed by atoms with Gasteiger partial charge in [0.25, 0.3) is 0 Å². The summed E-state index contributed by atoms with van der Waals surface area (Å²) in [7, 11) is 0.960. The second-order valence-electron chi connectivity index (χ2n) is 6.73. The van der Waals surface area contributed by atoms with Gasteiger partial charge in [0.2, 0.25) is 0 Å². The highest BCUT2D eigenvalue weighted by atomic mass is 31.1. The van der Waals surface area contributed by atoms with Gasteiger partial charge >= 0.3 is 0 Å². The molecule has 0 saturated heterocycles.